The topological polar surface area (TPSA) is 63.2 Å². The second-order valence-electron chi connectivity index (χ2n) is 5.13. The van der Waals surface area contributed by atoms with E-state index in [0.717, 1.165) is 18.4 Å². The molecule has 4 nitrogen and oxygen atoms in total. The number of carbonyl (C=O) groups excluding carboxylic acids is 1. The first-order valence-corrected chi connectivity index (χ1v) is 9.09. The Morgan fingerprint density at radius 2 is 1.80 bits per heavy atom. The van der Waals surface area contributed by atoms with Crippen molar-refractivity contribution in [1.29, 1.82) is 0 Å². The van der Waals surface area contributed by atoms with Gasteiger partial charge in [0.1, 0.15) is 0 Å². The summed E-state index contributed by atoms with van der Waals surface area (Å²) in [6, 6.07) is 6.65. The molecule has 1 aliphatic rings. The van der Waals surface area contributed by atoms with Crippen LogP contribution in [0.15, 0.2) is 29.2 Å². The third kappa shape index (κ3) is 4.49. The van der Waals surface area contributed by atoms with Crippen molar-refractivity contribution in [3.05, 3.63) is 29.8 Å². The van der Waals surface area contributed by atoms with Gasteiger partial charge in [0, 0.05) is 23.1 Å². The Labute approximate surface area is 123 Å². The lowest BCUT2D eigenvalue weighted by molar-refractivity contribution is -0.121. The molecule has 1 N–H and O–H groups in total. The molecule has 1 aromatic rings. The molecule has 110 valence electrons. The van der Waals surface area contributed by atoms with Gasteiger partial charge in [0.2, 0.25) is 5.91 Å². The fourth-order valence-electron chi connectivity index (χ4n) is 2.45. The van der Waals surface area contributed by atoms with E-state index in [-0.39, 0.29) is 10.8 Å². The molecule has 2 rings (SSSR count). The molecule has 0 radical (unpaired) electrons. The normalized spacial score (nSPS) is 16.2. The minimum atomic E-state index is -3.67. The van der Waals surface area contributed by atoms with Crippen LogP contribution in [0.5, 0.6) is 0 Å². The first kappa shape index (κ1) is 15.3. The molecule has 0 spiro atoms. The standard InChI is InChI=1S/C14H18ClNO3S/c15-20(18,19)13-8-5-11(6-9-13)7-10-14(17)16-12-3-1-2-4-12/h5-6,8-9,12H,1-4,7,10H2,(H,16,17). The Kier molecular flexibility index (Phi) is 5.05. The van der Waals surface area contributed by atoms with Gasteiger partial charge < -0.3 is 5.32 Å². The van der Waals surface area contributed by atoms with Gasteiger partial charge in [0.25, 0.3) is 9.05 Å². The SMILES string of the molecule is O=C(CCc1ccc(S(=O)(=O)Cl)cc1)NC1CCCC1. The van der Waals surface area contributed by atoms with Crippen molar-refractivity contribution in [2.45, 2.75) is 49.5 Å². The van der Waals surface area contributed by atoms with E-state index in [4.69, 9.17) is 10.7 Å². The van der Waals surface area contributed by atoms with Gasteiger partial charge >= 0.3 is 0 Å². The molecule has 0 bridgehead atoms. The molecule has 0 heterocycles. The Morgan fingerprint density at radius 3 is 2.35 bits per heavy atom. The van der Waals surface area contributed by atoms with E-state index in [9.17, 15) is 13.2 Å². The molecular weight excluding hydrogens is 298 g/mol. The molecule has 20 heavy (non-hydrogen) atoms. The number of carbonyl (C=O) groups is 1. The highest BCUT2D eigenvalue weighted by Gasteiger charge is 2.16. The van der Waals surface area contributed by atoms with E-state index in [1.165, 1.54) is 25.0 Å². The molecule has 0 unspecified atom stereocenters. The van der Waals surface area contributed by atoms with Gasteiger partial charge in [-0.25, -0.2) is 8.42 Å². The Balaban J connectivity index is 1.83. The largest absolute Gasteiger partial charge is 0.353 e. The number of amides is 1. The molecule has 6 heteroatoms. The van der Waals surface area contributed by atoms with Gasteiger partial charge in [0.05, 0.1) is 4.90 Å². The monoisotopic (exact) mass is 315 g/mol. The van der Waals surface area contributed by atoms with Crippen molar-refractivity contribution in [3.63, 3.8) is 0 Å². The third-order valence-corrected chi connectivity index (χ3v) is 4.94. The maximum atomic E-state index is 11.8. The van der Waals surface area contributed by atoms with Crippen molar-refractivity contribution in [2.24, 2.45) is 0 Å². The predicted molar refractivity (Wildman–Crippen MR) is 78.2 cm³/mol. The van der Waals surface area contributed by atoms with Gasteiger partial charge in [-0.2, -0.15) is 0 Å². The molecule has 1 amide bonds. The van der Waals surface area contributed by atoms with Crippen molar-refractivity contribution in [1.82, 2.24) is 5.32 Å². The van der Waals surface area contributed by atoms with Crippen LogP contribution < -0.4 is 5.32 Å². The Morgan fingerprint density at radius 1 is 1.20 bits per heavy atom. The highest BCUT2D eigenvalue weighted by atomic mass is 35.7. The molecular formula is C14H18ClNO3S. The summed E-state index contributed by atoms with van der Waals surface area (Å²) in [5, 5.41) is 3.03. The molecule has 1 aliphatic carbocycles. The summed E-state index contributed by atoms with van der Waals surface area (Å²) in [6.07, 6.45) is 5.56. The maximum Gasteiger partial charge on any atom is 0.261 e. The summed E-state index contributed by atoms with van der Waals surface area (Å²) in [5.41, 5.74) is 0.927. The van der Waals surface area contributed by atoms with Crippen LogP contribution in [-0.2, 0) is 20.3 Å². The molecule has 1 fully saturated rings. The Hall–Kier alpha value is -1.07. The highest BCUT2D eigenvalue weighted by molar-refractivity contribution is 8.13. The zero-order valence-electron chi connectivity index (χ0n) is 11.1. The highest BCUT2D eigenvalue weighted by Crippen LogP contribution is 2.18. The number of halogens is 1. The van der Waals surface area contributed by atoms with E-state index in [2.05, 4.69) is 5.32 Å². The van der Waals surface area contributed by atoms with Crippen molar-refractivity contribution < 1.29 is 13.2 Å². The molecule has 0 aromatic heterocycles. The van der Waals surface area contributed by atoms with Gasteiger partial charge in [0.15, 0.2) is 0 Å². The van der Waals surface area contributed by atoms with Crippen LogP contribution in [0.4, 0.5) is 0 Å². The summed E-state index contributed by atoms with van der Waals surface area (Å²) in [7, 11) is 1.57. The first-order chi connectivity index (χ1) is 9.45. The molecule has 0 atom stereocenters. The van der Waals surface area contributed by atoms with Gasteiger partial charge in [-0.05, 0) is 37.0 Å². The van der Waals surface area contributed by atoms with Crippen LogP contribution in [0, 0.1) is 0 Å². The summed E-state index contributed by atoms with van der Waals surface area (Å²) >= 11 is 0. The minimum Gasteiger partial charge on any atom is -0.353 e. The van der Waals surface area contributed by atoms with Gasteiger partial charge in [-0.1, -0.05) is 25.0 Å². The van der Waals surface area contributed by atoms with E-state index in [0.29, 0.717) is 18.9 Å². The molecule has 0 saturated heterocycles. The number of hydrogen-bond acceptors (Lipinski definition) is 3. The van der Waals surface area contributed by atoms with E-state index in [1.54, 1.807) is 12.1 Å². The summed E-state index contributed by atoms with van der Waals surface area (Å²) in [4.78, 5) is 11.9. The first-order valence-electron chi connectivity index (χ1n) is 6.78. The zero-order valence-corrected chi connectivity index (χ0v) is 12.7. The van der Waals surface area contributed by atoms with Crippen molar-refractivity contribution in [3.8, 4) is 0 Å². The second-order valence-corrected chi connectivity index (χ2v) is 7.70. The predicted octanol–water partition coefficient (Wildman–Crippen LogP) is 2.61. The van der Waals surface area contributed by atoms with E-state index in [1.807, 2.05) is 0 Å². The van der Waals surface area contributed by atoms with Gasteiger partial charge in [-0.15, -0.1) is 0 Å². The van der Waals surface area contributed by atoms with E-state index >= 15 is 0 Å². The average Bonchev–Trinajstić information content (AvgIpc) is 2.88. The zero-order chi connectivity index (χ0) is 14.6. The summed E-state index contributed by atoms with van der Waals surface area (Å²) in [5.74, 6) is 0.0611. The van der Waals surface area contributed by atoms with Crippen LogP contribution in [0.2, 0.25) is 0 Å². The molecule has 1 aromatic carbocycles. The van der Waals surface area contributed by atoms with Crippen molar-refractivity contribution >= 4 is 25.6 Å². The minimum absolute atomic E-state index is 0.0611. The van der Waals surface area contributed by atoms with Crippen LogP contribution in [0.1, 0.15) is 37.7 Å². The smallest absolute Gasteiger partial charge is 0.261 e. The second kappa shape index (κ2) is 6.59. The number of benzene rings is 1. The van der Waals surface area contributed by atoms with Crippen LogP contribution in [0.25, 0.3) is 0 Å². The van der Waals surface area contributed by atoms with Crippen LogP contribution in [-0.4, -0.2) is 20.4 Å². The fourth-order valence-corrected chi connectivity index (χ4v) is 3.22. The van der Waals surface area contributed by atoms with E-state index < -0.39 is 9.05 Å². The molecule has 1 saturated carbocycles. The van der Waals surface area contributed by atoms with Crippen LogP contribution >= 0.6 is 10.7 Å². The lowest BCUT2D eigenvalue weighted by atomic mass is 10.1. The summed E-state index contributed by atoms with van der Waals surface area (Å²) < 4.78 is 22.2. The lowest BCUT2D eigenvalue weighted by Crippen LogP contribution is -2.32. The molecule has 0 aliphatic heterocycles. The van der Waals surface area contributed by atoms with Gasteiger partial charge in [-0.3, -0.25) is 4.79 Å². The Bertz CT molecular complexity index is 563. The number of rotatable bonds is 5. The van der Waals surface area contributed by atoms with Crippen LogP contribution in [0.3, 0.4) is 0 Å². The maximum absolute atomic E-state index is 11.8. The number of hydrogen-bond donors (Lipinski definition) is 1. The fraction of sp³-hybridized carbons (Fsp3) is 0.500. The summed E-state index contributed by atoms with van der Waals surface area (Å²) in [6.45, 7) is 0. The average molecular weight is 316 g/mol. The third-order valence-electron chi connectivity index (χ3n) is 3.57. The number of nitrogens with one attached hydrogen (secondary N) is 1. The van der Waals surface area contributed by atoms with Crippen molar-refractivity contribution in [2.75, 3.05) is 0 Å². The lowest BCUT2D eigenvalue weighted by Gasteiger charge is -2.11. The quantitative estimate of drug-likeness (QED) is 0.850. The number of aryl methyl sites for hydroxylation is 1.